The molecule has 8 heteroatoms. The summed E-state index contributed by atoms with van der Waals surface area (Å²) in [6.45, 7) is 2.37. The van der Waals surface area contributed by atoms with Crippen molar-refractivity contribution in [1.82, 2.24) is 15.0 Å². The fraction of sp³-hybridized carbons (Fsp3) is 0.200. The first kappa shape index (κ1) is 19.2. The summed E-state index contributed by atoms with van der Waals surface area (Å²) in [6, 6.07) is 14.7. The fourth-order valence-corrected chi connectivity index (χ4v) is 2.44. The number of ether oxygens (including phenoxy) is 2. The van der Waals surface area contributed by atoms with Crippen LogP contribution < -0.4 is 11.1 Å². The average molecular weight is 379 g/mol. The number of benzene rings is 2. The maximum Gasteiger partial charge on any atom is 0.338 e. The predicted molar refractivity (Wildman–Crippen MR) is 105 cm³/mol. The molecule has 0 aliphatic carbocycles. The molecule has 8 nitrogen and oxygen atoms in total. The van der Waals surface area contributed by atoms with E-state index in [4.69, 9.17) is 15.2 Å². The largest absolute Gasteiger partial charge is 0.454 e. The molecule has 1 aromatic heterocycles. The molecule has 0 spiro atoms. The third kappa shape index (κ3) is 5.24. The lowest BCUT2D eigenvalue weighted by Gasteiger charge is -2.08. The van der Waals surface area contributed by atoms with Crippen molar-refractivity contribution >= 4 is 23.6 Å². The normalized spacial score (nSPS) is 10.5. The van der Waals surface area contributed by atoms with Gasteiger partial charge in [0.2, 0.25) is 11.9 Å². The number of nitrogens with one attached hydrogen (secondary N) is 1. The molecule has 0 amide bonds. The molecular formula is C20H21N5O3. The van der Waals surface area contributed by atoms with E-state index in [1.165, 1.54) is 0 Å². The first-order valence-corrected chi connectivity index (χ1v) is 8.62. The second kappa shape index (κ2) is 8.92. The summed E-state index contributed by atoms with van der Waals surface area (Å²) in [5, 5.41) is 3.06. The van der Waals surface area contributed by atoms with E-state index >= 15 is 0 Å². The van der Waals surface area contributed by atoms with Gasteiger partial charge in [-0.3, -0.25) is 0 Å². The van der Waals surface area contributed by atoms with Gasteiger partial charge in [-0.05, 0) is 36.8 Å². The second-order valence-electron chi connectivity index (χ2n) is 6.13. The van der Waals surface area contributed by atoms with Gasteiger partial charge >= 0.3 is 5.97 Å². The number of rotatable bonds is 7. The quantitative estimate of drug-likeness (QED) is 0.603. The van der Waals surface area contributed by atoms with Crippen molar-refractivity contribution < 1.29 is 14.3 Å². The minimum atomic E-state index is -0.476. The Morgan fingerprint density at radius 3 is 2.39 bits per heavy atom. The van der Waals surface area contributed by atoms with Crippen molar-refractivity contribution in [1.29, 1.82) is 0 Å². The van der Waals surface area contributed by atoms with Gasteiger partial charge in [-0.1, -0.05) is 29.8 Å². The summed E-state index contributed by atoms with van der Waals surface area (Å²) in [7, 11) is 1.62. The highest BCUT2D eigenvalue weighted by atomic mass is 16.5. The number of methoxy groups -OCH3 is 1. The number of nitrogens with zero attached hydrogens (tertiary/aromatic N) is 3. The lowest BCUT2D eigenvalue weighted by atomic mass is 10.1. The van der Waals surface area contributed by atoms with Gasteiger partial charge in [0.25, 0.3) is 0 Å². The van der Waals surface area contributed by atoms with Crippen LogP contribution in [0.25, 0.3) is 0 Å². The van der Waals surface area contributed by atoms with E-state index in [1.807, 2.05) is 43.3 Å². The molecule has 2 aromatic carbocycles. The lowest BCUT2D eigenvalue weighted by Crippen LogP contribution is -2.11. The van der Waals surface area contributed by atoms with Crippen LogP contribution in [0.4, 0.5) is 17.6 Å². The van der Waals surface area contributed by atoms with Crippen molar-refractivity contribution in [2.45, 2.75) is 20.1 Å². The second-order valence-corrected chi connectivity index (χ2v) is 6.13. The molecule has 0 aliphatic rings. The zero-order valence-corrected chi connectivity index (χ0v) is 15.7. The third-order valence-electron chi connectivity index (χ3n) is 3.84. The highest BCUT2D eigenvalue weighted by Crippen LogP contribution is 2.15. The molecule has 0 saturated carbocycles. The summed E-state index contributed by atoms with van der Waals surface area (Å²) in [6.07, 6.45) is 0. The Morgan fingerprint density at radius 1 is 1.00 bits per heavy atom. The van der Waals surface area contributed by atoms with Crippen LogP contribution in [0.1, 0.15) is 27.3 Å². The smallest absolute Gasteiger partial charge is 0.338 e. The van der Waals surface area contributed by atoms with E-state index < -0.39 is 5.97 Å². The van der Waals surface area contributed by atoms with Crippen LogP contribution in [0.15, 0.2) is 48.5 Å². The zero-order chi connectivity index (χ0) is 19.9. The molecule has 0 aliphatic heterocycles. The topological polar surface area (TPSA) is 112 Å². The Bertz CT molecular complexity index is 943. The standard InChI is InChI=1S/C20H21N5O3/c1-13-3-9-16(10-4-13)22-20-24-17(23-19(21)25-20)12-28-18(26)15-7-5-14(6-8-15)11-27-2/h3-10H,11-12H2,1-2H3,(H3,21,22,23,24,25). The van der Waals surface area contributed by atoms with Crippen LogP contribution in [-0.4, -0.2) is 28.0 Å². The number of carbonyl (C=O) groups is 1. The van der Waals surface area contributed by atoms with Gasteiger partial charge < -0.3 is 20.5 Å². The molecule has 3 N–H and O–H groups in total. The molecule has 144 valence electrons. The molecule has 0 fully saturated rings. The van der Waals surface area contributed by atoms with Gasteiger partial charge in [0, 0.05) is 12.8 Å². The van der Waals surface area contributed by atoms with Crippen LogP contribution in [0.5, 0.6) is 0 Å². The van der Waals surface area contributed by atoms with E-state index in [2.05, 4.69) is 20.3 Å². The summed E-state index contributed by atoms with van der Waals surface area (Å²) in [4.78, 5) is 24.5. The predicted octanol–water partition coefficient (Wildman–Crippen LogP) is 3.01. The number of nitrogens with two attached hydrogens (primary N) is 1. The molecule has 28 heavy (non-hydrogen) atoms. The molecule has 1 heterocycles. The van der Waals surface area contributed by atoms with Crippen LogP contribution >= 0.6 is 0 Å². The number of hydrogen-bond donors (Lipinski definition) is 2. The van der Waals surface area contributed by atoms with Gasteiger partial charge in [-0.25, -0.2) is 4.79 Å². The number of carbonyl (C=O) groups excluding carboxylic acids is 1. The third-order valence-corrected chi connectivity index (χ3v) is 3.84. The molecule has 0 unspecified atom stereocenters. The van der Waals surface area contributed by atoms with Crippen LogP contribution in [0.3, 0.4) is 0 Å². The maximum atomic E-state index is 12.2. The summed E-state index contributed by atoms with van der Waals surface area (Å²) < 4.78 is 10.3. The van der Waals surface area contributed by atoms with Gasteiger partial charge in [0.05, 0.1) is 12.2 Å². The highest BCUT2D eigenvalue weighted by molar-refractivity contribution is 5.89. The van der Waals surface area contributed by atoms with E-state index in [0.29, 0.717) is 12.2 Å². The van der Waals surface area contributed by atoms with Gasteiger partial charge in [-0.15, -0.1) is 0 Å². The van der Waals surface area contributed by atoms with Crippen LogP contribution in [0, 0.1) is 6.92 Å². The number of aromatic nitrogens is 3. The van der Waals surface area contributed by atoms with Crippen molar-refractivity contribution in [3.05, 3.63) is 71.0 Å². The Hall–Kier alpha value is -3.52. The van der Waals surface area contributed by atoms with Crippen molar-refractivity contribution in [3.63, 3.8) is 0 Å². The number of anilines is 3. The summed E-state index contributed by atoms with van der Waals surface area (Å²) in [5.41, 5.74) is 9.10. The van der Waals surface area contributed by atoms with E-state index in [9.17, 15) is 4.79 Å². The molecule has 3 aromatic rings. The minimum Gasteiger partial charge on any atom is -0.454 e. The van der Waals surface area contributed by atoms with Crippen LogP contribution in [0.2, 0.25) is 0 Å². The first-order chi connectivity index (χ1) is 13.5. The van der Waals surface area contributed by atoms with Gasteiger partial charge in [-0.2, -0.15) is 15.0 Å². The Labute approximate surface area is 162 Å². The number of hydrogen-bond acceptors (Lipinski definition) is 8. The Morgan fingerprint density at radius 2 is 1.71 bits per heavy atom. The molecule has 3 rings (SSSR count). The maximum absolute atomic E-state index is 12.2. The summed E-state index contributed by atoms with van der Waals surface area (Å²) >= 11 is 0. The first-order valence-electron chi connectivity index (χ1n) is 8.62. The fourth-order valence-electron chi connectivity index (χ4n) is 2.44. The zero-order valence-electron chi connectivity index (χ0n) is 15.7. The molecule has 0 saturated heterocycles. The average Bonchev–Trinajstić information content (AvgIpc) is 2.68. The highest BCUT2D eigenvalue weighted by Gasteiger charge is 2.11. The van der Waals surface area contributed by atoms with E-state index in [1.54, 1.807) is 19.2 Å². The Kier molecular flexibility index (Phi) is 6.13. The monoisotopic (exact) mass is 379 g/mol. The van der Waals surface area contributed by atoms with E-state index in [-0.39, 0.29) is 24.3 Å². The van der Waals surface area contributed by atoms with Gasteiger partial charge in [0.15, 0.2) is 12.4 Å². The SMILES string of the molecule is COCc1ccc(C(=O)OCc2nc(N)nc(Nc3ccc(C)cc3)n2)cc1. The van der Waals surface area contributed by atoms with Crippen molar-refractivity contribution in [2.75, 3.05) is 18.2 Å². The minimum absolute atomic E-state index is 0.0413. The van der Waals surface area contributed by atoms with Crippen molar-refractivity contribution in [3.8, 4) is 0 Å². The van der Waals surface area contributed by atoms with E-state index in [0.717, 1.165) is 16.8 Å². The van der Waals surface area contributed by atoms with Gasteiger partial charge in [0.1, 0.15) is 0 Å². The van der Waals surface area contributed by atoms with Crippen LogP contribution in [-0.2, 0) is 22.7 Å². The van der Waals surface area contributed by atoms with Crippen molar-refractivity contribution in [2.24, 2.45) is 0 Å². The lowest BCUT2D eigenvalue weighted by molar-refractivity contribution is 0.0462. The molecule has 0 radical (unpaired) electrons. The number of nitrogen functional groups attached to an aromatic ring is 1. The molecular weight excluding hydrogens is 358 g/mol. The molecule has 0 bridgehead atoms. The Balaban J connectivity index is 1.64. The number of esters is 1. The summed E-state index contributed by atoms with van der Waals surface area (Å²) in [5.74, 6) is 0.105. The molecule has 0 atom stereocenters. The number of aryl methyl sites for hydroxylation is 1.